The van der Waals surface area contributed by atoms with Crippen LogP contribution in [0.15, 0.2) is 6.07 Å². The summed E-state index contributed by atoms with van der Waals surface area (Å²) < 4.78 is 5.28. The average Bonchev–Trinajstić information content (AvgIpc) is 2.94. The number of anilines is 2. The topological polar surface area (TPSA) is 50.3 Å². The van der Waals surface area contributed by atoms with E-state index in [0.29, 0.717) is 5.92 Å². The van der Waals surface area contributed by atoms with E-state index in [2.05, 4.69) is 35.1 Å². The highest BCUT2D eigenvalue weighted by atomic mass is 16.5. The molecule has 0 aliphatic carbocycles. The SMILES string of the molecule is CCCNc1cc(N2CCC(COC)C2)nc(CCC)n1. The molecule has 1 aromatic rings. The summed E-state index contributed by atoms with van der Waals surface area (Å²) in [4.78, 5) is 11.7. The molecule has 0 radical (unpaired) electrons. The lowest BCUT2D eigenvalue weighted by Gasteiger charge is -2.19. The van der Waals surface area contributed by atoms with E-state index in [9.17, 15) is 0 Å². The monoisotopic (exact) mass is 292 g/mol. The smallest absolute Gasteiger partial charge is 0.134 e. The normalized spacial score (nSPS) is 18.2. The van der Waals surface area contributed by atoms with Gasteiger partial charge in [-0.25, -0.2) is 9.97 Å². The minimum absolute atomic E-state index is 0.617. The highest BCUT2D eigenvalue weighted by Crippen LogP contribution is 2.24. The fourth-order valence-corrected chi connectivity index (χ4v) is 2.74. The Morgan fingerprint density at radius 1 is 1.33 bits per heavy atom. The number of hydrogen-bond donors (Lipinski definition) is 1. The van der Waals surface area contributed by atoms with Crippen LogP contribution in [0.2, 0.25) is 0 Å². The molecule has 5 nitrogen and oxygen atoms in total. The molecule has 0 saturated carbocycles. The van der Waals surface area contributed by atoms with Crippen molar-refractivity contribution in [2.45, 2.75) is 39.5 Å². The Morgan fingerprint density at radius 2 is 2.19 bits per heavy atom. The van der Waals surface area contributed by atoms with Gasteiger partial charge in [0.2, 0.25) is 0 Å². The first-order valence-corrected chi connectivity index (χ1v) is 8.12. The molecule has 1 aliphatic heterocycles. The zero-order valence-corrected chi connectivity index (χ0v) is 13.6. The minimum Gasteiger partial charge on any atom is -0.384 e. The van der Waals surface area contributed by atoms with Crippen LogP contribution < -0.4 is 10.2 Å². The van der Waals surface area contributed by atoms with E-state index in [4.69, 9.17) is 9.72 Å². The maximum absolute atomic E-state index is 5.28. The Bertz CT molecular complexity index is 438. The number of ether oxygens (including phenoxy) is 1. The van der Waals surface area contributed by atoms with Crippen LogP contribution in [0.3, 0.4) is 0 Å². The van der Waals surface area contributed by atoms with Crippen LogP contribution in [-0.4, -0.2) is 43.3 Å². The van der Waals surface area contributed by atoms with Gasteiger partial charge in [0.25, 0.3) is 0 Å². The molecule has 1 aromatic heterocycles. The Hall–Kier alpha value is -1.36. The molecule has 0 spiro atoms. The molecular weight excluding hydrogens is 264 g/mol. The second-order valence-corrected chi connectivity index (χ2v) is 5.76. The van der Waals surface area contributed by atoms with E-state index in [1.165, 1.54) is 6.42 Å². The van der Waals surface area contributed by atoms with Crippen molar-refractivity contribution in [2.24, 2.45) is 5.92 Å². The van der Waals surface area contributed by atoms with Gasteiger partial charge in [-0.3, -0.25) is 0 Å². The third-order valence-corrected chi connectivity index (χ3v) is 3.80. The standard InChI is InChI=1S/C16H28N4O/c1-4-6-14-18-15(17-8-5-2)10-16(19-14)20-9-7-13(11-20)12-21-3/h10,13H,4-9,11-12H2,1-3H3,(H,17,18,19). The number of aromatic nitrogens is 2. The predicted molar refractivity (Wildman–Crippen MR) is 87.0 cm³/mol. The third kappa shape index (κ3) is 4.56. The second kappa shape index (κ2) is 8.17. The van der Waals surface area contributed by atoms with Crippen molar-refractivity contribution in [3.63, 3.8) is 0 Å². The van der Waals surface area contributed by atoms with Crippen molar-refractivity contribution in [2.75, 3.05) is 43.6 Å². The van der Waals surface area contributed by atoms with E-state index < -0.39 is 0 Å². The fraction of sp³-hybridized carbons (Fsp3) is 0.750. The lowest BCUT2D eigenvalue weighted by atomic mass is 10.1. The van der Waals surface area contributed by atoms with Gasteiger partial charge in [-0.2, -0.15) is 0 Å². The van der Waals surface area contributed by atoms with Crippen molar-refractivity contribution >= 4 is 11.6 Å². The highest BCUT2D eigenvalue weighted by Gasteiger charge is 2.24. The lowest BCUT2D eigenvalue weighted by molar-refractivity contribution is 0.161. The molecule has 1 fully saturated rings. The van der Waals surface area contributed by atoms with Gasteiger partial charge < -0.3 is 15.0 Å². The quantitative estimate of drug-likeness (QED) is 0.798. The number of rotatable bonds is 8. The van der Waals surface area contributed by atoms with E-state index in [1.807, 2.05) is 0 Å². The summed E-state index contributed by atoms with van der Waals surface area (Å²) in [5.41, 5.74) is 0. The second-order valence-electron chi connectivity index (χ2n) is 5.76. The number of nitrogens with one attached hydrogen (secondary N) is 1. The maximum Gasteiger partial charge on any atom is 0.134 e. The average molecular weight is 292 g/mol. The van der Waals surface area contributed by atoms with Crippen LogP contribution in [0, 0.1) is 5.92 Å². The van der Waals surface area contributed by atoms with Gasteiger partial charge in [0, 0.05) is 45.1 Å². The van der Waals surface area contributed by atoms with Crippen molar-refractivity contribution in [3.8, 4) is 0 Å². The zero-order chi connectivity index (χ0) is 15.1. The summed E-state index contributed by atoms with van der Waals surface area (Å²) in [6.45, 7) is 8.21. The summed E-state index contributed by atoms with van der Waals surface area (Å²) in [7, 11) is 1.78. The Kier molecular flexibility index (Phi) is 6.23. The highest BCUT2D eigenvalue weighted by molar-refractivity contribution is 5.50. The molecule has 0 aromatic carbocycles. The Balaban J connectivity index is 2.11. The molecule has 1 atom stereocenters. The van der Waals surface area contributed by atoms with Gasteiger partial charge >= 0.3 is 0 Å². The predicted octanol–water partition coefficient (Wildman–Crippen LogP) is 2.72. The molecule has 0 bridgehead atoms. The maximum atomic E-state index is 5.28. The first-order chi connectivity index (χ1) is 10.3. The van der Waals surface area contributed by atoms with E-state index in [1.54, 1.807) is 7.11 Å². The van der Waals surface area contributed by atoms with E-state index in [-0.39, 0.29) is 0 Å². The van der Waals surface area contributed by atoms with Crippen molar-refractivity contribution in [1.29, 1.82) is 0 Å². The van der Waals surface area contributed by atoms with Gasteiger partial charge in [-0.1, -0.05) is 13.8 Å². The van der Waals surface area contributed by atoms with Gasteiger partial charge in [0.05, 0.1) is 6.61 Å². The van der Waals surface area contributed by atoms with Crippen LogP contribution >= 0.6 is 0 Å². The first-order valence-electron chi connectivity index (χ1n) is 8.12. The molecule has 1 aliphatic rings. The molecule has 0 amide bonds. The van der Waals surface area contributed by atoms with E-state index in [0.717, 1.165) is 63.0 Å². The number of methoxy groups -OCH3 is 1. The molecule has 1 saturated heterocycles. The fourth-order valence-electron chi connectivity index (χ4n) is 2.74. The van der Waals surface area contributed by atoms with Crippen molar-refractivity contribution in [3.05, 3.63) is 11.9 Å². The summed E-state index contributed by atoms with van der Waals surface area (Å²) in [6, 6.07) is 2.09. The summed E-state index contributed by atoms with van der Waals surface area (Å²) in [6.07, 6.45) is 4.29. The summed E-state index contributed by atoms with van der Waals surface area (Å²) in [5.74, 6) is 3.58. The number of aryl methyl sites for hydroxylation is 1. The minimum atomic E-state index is 0.617. The Morgan fingerprint density at radius 3 is 2.90 bits per heavy atom. The van der Waals surface area contributed by atoms with Gasteiger partial charge in [-0.05, 0) is 19.3 Å². The third-order valence-electron chi connectivity index (χ3n) is 3.80. The molecule has 5 heteroatoms. The van der Waals surface area contributed by atoms with Gasteiger partial charge in [-0.15, -0.1) is 0 Å². The van der Waals surface area contributed by atoms with E-state index >= 15 is 0 Å². The number of hydrogen-bond acceptors (Lipinski definition) is 5. The summed E-state index contributed by atoms with van der Waals surface area (Å²) >= 11 is 0. The molecule has 1 unspecified atom stereocenters. The summed E-state index contributed by atoms with van der Waals surface area (Å²) in [5, 5.41) is 3.39. The molecular formula is C16H28N4O. The number of nitrogens with zero attached hydrogens (tertiary/aromatic N) is 3. The van der Waals surface area contributed by atoms with Crippen LogP contribution in [-0.2, 0) is 11.2 Å². The van der Waals surface area contributed by atoms with Crippen molar-refractivity contribution < 1.29 is 4.74 Å². The molecule has 2 rings (SSSR count). The largest absolute Gasteiger partial charge is 0.384 e. The van der Waals surface area contributed by atoms with Crippen LogP contribution in [0.4, 0.5) is 11.6 Å². The van der Waals surface area contributed by atoms with Crippen LogP contribution in [0.25, 0.3) is 0 Å². The zero-order valence-electron chi connectivity index (χ0n) is 13.6. The molecule has 21 heavy (non-hydrogen) atoms. The van der Waals surface area contributed by atoms with Crippen LogP contribution in [0.1, 0.15) is 38.9 Å². The van der Waals surface area contributed by atoms with Gasteiger partial charge in [0.1, 0.15) is 17.5 Å². The van der Waals surface area contributed by atoms with Gasteiger partial charge in [0.15, 0.2) is 0 Å². The van der Waals surface area contributed by atoms with Crippen molar-refractivity contribution in [1.82, 2.24) is 9.97 Å². The van der Waals surface area contributed by atoms with Crippen LogP contribution in [0.5, 0.6) is 0 Å². The lowest BCUT2D eigenvalue weighted by Crippen LogP contribution is -2.23. The molecule has 2 heterocycles. The Labute approximate surface area is 128 Å². The first kappa shape index (κ1) is 16.0. The molecule has 118 valence electrons. The molecule has 1 N–H and O–H groups in total.